The molecule has 0 spiro atoms. The molecule has 27 heavy (non-hydrogen) atoms. The Morgan fingerprint density at radius 2 is 1.19 bits per heavy atom. The summed E-state index contributed by atoms with van der Waals surface area (Å²) >= 11 is 0. The van der Waals surface area contributed by atoms with Gasteiger partial charge in [-0.3, -0.25) is 9.59 Å². The molecule has 0 saturated carbocycles. The van der Waals surface area contributed by atoms with Gasteiger partial charge in [-0.05, 0) is 6.42 Å². The molecule has 7 heteroatoms. The van der Waals surface area contributed by atoms with Gasteiger partial charge in [0.25, 0.3) is 0 Å². The number of hydrogen-bond donors (Lipinski definition) is 3. The summed E-state index contributed by atoms with van der Waals surface area (Å²) in [5.74, 6) is -2.94. The number of carbonyl (C=O) groups excluding carboxylic acids is 1. The molecule has 0 bridgehead atoms. The summed E-state index contributed by atoms with van der Waals surface area (Å²) in [6, 6.07) is -1.35. The topological polar surface area (TPSA) is 104 Å². The van der Waals surface area contributed by atoms with Crippen molar-refractivity contribution in [3.8, 4) is 0 Å². The van der Waals surface area contributed by atoms with Crippen LogP contribution in [0.4, 0.5) is 0 Å². The molecule has 0 aromatic heterocycles. The number of unbranched alkanes of at least 4 members (excludes halogenated alkanes) is 12. The van der Waals surface area contributed by atoms with Gasteiger partial charge in [-0.1, -0.05) is 84.0 Å². The monoisotopic (exact) mass is 411 g/mol. The van der Waals surface area contributed by atoms with Crippen LogP contribution in [0.5, 0.6) is 0 Å². The van der Waals surface area contributed by atoms with Gasteiger partial charge in [0.15, 0.2) is 0 Å². The molecule has 0 aromatic carbocycles. The van der Waals surface area contributed by atoms with E-state index in [1.807, 2.05) is 0 Å². The number of amides is 1. The van der Waals surface area contributed by atoms with E-state index in [4.69, 9.17) is 10.2 Å². The van der Waals surface area contributed by atoms with Gasteiger partial charge in [-0.15, -0.1) is 0 Å². The van der Waals surface area contributed by atoms with Crippen molar-refractivity contribution < 1.29 is 77.4 Å². The Bertz CT molecular complexity index is 410. The molecule has 0 aliphatic rings. The summed E-state index contributed by atoms with van der Waals surface area (Å²) in [5, 5.41) is 19.8. The average molecular weight is 412 g/mol. The van der Waals surface area contributed by atoms with Gasteiger partial charge in [-0.2, -0.15) is 0 Å². The minimum Gasteiger partial charge on any atom is -1.00 e. The van der Waals surface area contributed by atoms with Gasteiger partial charge >= 0.3 is 63.3 Å². The van der Waals surface area contributed by atoms with Crippen molar-refractivity contribution in [2.75, 3.05) is 0 Å². The quantitative estimate of drug-likeness (QED) is 0.235. The van der Waals surface area contributed by atoms with E-state index in [0.717, 1.165) is 12.8 Å². The molecule has 0 radical (unpaired) electrons. The van der Waals surface area contributed by atoms with Crippen LogP contribution in [0.25, 0.3) is 0 Å². The van der Waals surface area contributed by atoms with Gasteiger partial charge in [0, 0.05) is 6.42 Å². The maximum atomic E-state index is 11.7. The van der Waals surface area contributed by atoms with E-state index in [9.17, 15) is 14.4 Å². The minimum atomic E-state index is -1.35. The van der Waals surface area contributed by atoms with Gasteiger partial charge in [0.05, 0.1) is 6.42 Å². The van der Waals surface area contributed by atoms with Crippen LogP contribution in [-0.2, 0) is 14.4 Å². The molecule has 0 aromatic rings. The van der Waals surface area contributed by atoms with E-state index in [2.05, 4.69) is 12.2 Å². The second-order valence-electron chi connectivity index (χ2n) is 7.05. The van der Waals surface area contributed by atoms with Gasteiger partial charge in [-0.25, -0.2) is 4.79 Å². The fourth-order valence-electron chi connectivity index (χ4n) is 2.94. The Balaban J connectivity index is -0.00000312. The van der Waals surface area contributed by atoms with Crippen LogP contribution >= 0.6 is 0 Å². The number of rotatable bonds is 18. The molecule has 3 N–H and O–H groups in total. The first kappa shape index (κ1) is 29.2. The van der Waals surface area contributed by atoms with Crippen LogP contribution in [0.1, 0.15) is 105 Å². The maximum Gasteiger partial charge on any atom is 1.00 e. The number of carboxylic acid groups (broad SMARTS) is 2. The van der Waals surface area contributed by atoms with E-state index in [-0.39, 0.29) is 65.1 Å². The first-order valence-corrected chi connectivity index (χ1v) is 10.2. The van der Waals surface area contributed by atoms with E-state index in [1.54, 1.807) is 0 Å². The molecule has 1 amide bonds. The zero-order valence-electron chi connectivity index (χ0n) is 18.3. The molecular formula is C20H38KNO5. The zero-order chi connectivity index (χ0) is 19.6. The normalized spacial score (nSPS) is 11.4. The number of hydrogen-bond acceptors (Lipinski definition) is 3. The fourth-order valence-corrected chi connectivity index (χ4v) is 2.94. The van der Waals surface area contributed by atoms with Crippen molar-refractivity contribution in [2.45, 2.75) is 109 Å². The third kappa shape index (κ3) is 20.6. The number of carboxylic acids is 2. The summed E-state index contributed by atoms with van der Waals surface area (Å²) in [5.41, 5.74) is 0. The SMILES string of the molecule is CCCCCCCCCCCCCCCC(=O)NC(CC(=O)O)C(=O)O.[H-].[K+]. The third-order valence-electron chi connectivity index (χ3n) is 4.52. The largest absolute Gasteiger partial charge is 1.00 e. The van der Waals surface area contributed by atoms with E-state index < -0.39 is 24.4 Å². The number of aliphatic carboxylic acids is 2. The summed E-state index contributed by atoms with van der Waals surface area (Å²) in [6.45, 7) is 2.23. The van der Waals surface area contributed by atoms with Gasteiger partial charge in [0.1, 0.15) is 6.04 Å². The van der Waals surface area contributed by atoms with Crippen molar-refractivity contribution in [3.63, 3.8) is 0 Å². The summed E-state index contributed by atoms with van der Waals surface area (Å²) in [6.07, 6.45) is 15.5. The van der Waals surface area contributed by atoms with Gasteiger partial charge < -0.3 is 17.0 Å². The third-order valence-corrected chi connectivity index (χ3v) is 4.52. The molecule has 154 valence electrons. The van der Waals surface area contributed by atoms with Crippen molar-refractivity contribution >= 4 is 17.8 Å². The first-order chi connectivity index (χ1) is 12.5. The average Bonchev–Trinajstić information content (AvgIpc) is 2.58. The van der Waals surface area contributed by atoms with Crippen LogP contribution in [0.15, 0.2) is 0 Å². The zero-order valence-corrected chi connectivity index (χ0v) is 20.4. The minimum absolute atomic E-state index is 0. The maximum absolute atomic E-state index is 11.7. The molecule has 0 heterocycles. The van der Waals surface area contributed by atoms with E-state index in [0.29, 0.717) is 6.42 Å². The van der Waals surface area contributed by atoms with Crippen LogP contribution in [0.2, 0.25) is 0 Å². The molecule has 0 aliphatic heterocycles. The van der Waals surface area contributed by atoms with Crippen molar-refractivity contribution in [2.24, 2.45) is 0 Å². The van der Waals surface area contributed by atoms with Crippen LogP contribution in [0, 0.1) is 0 Å². The predicted molar refractivity (Wildman–Crippen MR) is 103 cm³/mol. The van der Waals surface area contributed by atoms with Crippen molar-refractivity contribution in [1.29, 1.82) is 0 Å². The smallest absolute Gasteiger partial charge is 1.00 e. The Morgan fingerprint density at radius 1 is 0.778 bits per heavy atom. The summed E-state index contributed by atoms with van der Waals surface area (Å²) in [7, 11) is 0. The van der Waals surface area contributed by atoms with Crippen LogP contribution in [-0.4, -0.2) is 34.1 Å². The molecule has 0 aliphatic carbocycles. The Labute approximate surface area is 208 Å². The Hall–Kier alpha value is 0.0464. The predicted octanol–water partition coefficient (Wildman–Crippen LogP) is 1.63. The first-order valence-electron chi connectivity index (χ1n) is 10.2. The number of nitrogens with one attached hydrogen (secondary N) is 1. The van der Waals surface area contributed by atoms with Crippen molar-refractivity contribution in [1.82, 2.24) is 5.32 Å². The van der Waals surface area contributed by atoms with E-state index in [1.165, 1.54) is 64.2 Å². The standard InChI is InChI=1S/C20H37NO5.K.H/c1-2-3-4-5-6-7-8-9-10-11-12-13-14-15-18(22)21-17(20(25)26)16-19(23)24;;/h17H,2-16H2,1H3,(H,21,22)(H,23,24)(H,25,26);;/q;+1;-1. The molecule has 1 unspecified atom stereocenters. The second-order valence-corrected chi connectivity index (χ2v) is 7.05. The molecule has 1 atom stereocenters. The summed E-state index contributed by atoms with van der Waals surface area (Å²) < 4.78 is 0. The molecular weight excluding hydrogens is 373 g/mol. The molecule has 0 rings (SSSR count). The van der Waals surface area contributed by atoms with E-state index >= 15 is 0 Å². The van der Waals surface area contributed by atoms with Gasteiger partial charge in [0.2, 0.25) is 5.91 Å². The summed E-state index contributed by atoms with van der Waals surface area (Å²) in [4.78, 5) is 33.1. The number of carbonyl (C=O) groups is 3. The second kappa shape index (κ2) is 20.8. The van der Waals surface area contributed by atoms with Crippen LogP contribution in [0.3, 0.4) is 0 Å². The van der Waals surface area contributed by atoms with Crippen LogP contribution < -0.4 is 56.7 Å². The molecule has 0 fully saturated rings. The molecule has 6 nitrogen and oxygen atoms in total. The molecule has 0 saturated heterocycles. The van der Waals surface area contributed by atoms with Crippen molar-refractivity contribution in [3.05, 3.63) is 0 Å². The Kier molecular flexibility index (Phi) is 22.5. The Morgan fingerprint density at radius 3 is 1.56 bits per heavy atom. The fraction of sp³-hybridized carbons (Fsp3) is 0.850.